The summed E-state index contributed by atoms with van der Waals surface area (Å²) in [5.41, 5.74) is 7.95. The predicted molar refractivity (Wildman–Crippen MR) is 72.6 cm³/mol. The highest BCUT2D eigenvalue weighted by Gasteiger charge is 2.27. The van der Waals surface area contributed by atoms with Crippen molar-refractivity contribution in [2.75, 3.05) is 11.4 Å². The van der Waals surface area contributed by atoms with Crippen LogP contribution >= 0.6 is 12.4 Å². The van der Waals surface area contributed by atoms with Crippen molar-refractivity contribution in [1.29, 1.82) is 0 Å². The third kappa shape index (κ3) is 2.79. The molecule has 1 unspecified atom stereocenters. The average molecular weight is 255 g/mol. The van der Waals surface area contributed by atoms with Crippen LogP contribution in [0.3, 0.4) is 0 Å². The first-order valence-electron chi connectivity index (χ1n) is 5.74. The average Bonchev–Trinajstić information content (AvgIpc) is 2.26. The number of hydrogen-bond acceptors (Lipinski definition) is 2. The number of para-hydroxylation sites is 1. The van der Waals surface area contributed by atoms with E-state index in [1.54, 1.807) is 6.92 Å². The fourth-order valence-electron chi connectivity index (χ4n) is 2.25. The van der Waals surface area contributed by atoms with E-state index in [1.165, 1.54) is 5.56 Å². The lowest BCUT2D eigenvalue weighted by Crippen LogP contribution is -2.46. The maximum atomic E-state index is 12.0. The van der Waals surface area contributed by atoms with Crippen LogP contribution in [0.1, 0.15) is 19.4 Å². The van der Waals surface area contributed by atoms with Gasteiger partial charge in [-0.1, -0.05) is 25.1 Å². The summed E-state index contributed by atoms with van der Waals surface area (Å²) in [7, 11) is 0. The molecular formula is C13H19ClN2O. The smallest absolute Gasteiger partial charge is 0.243 e. The molecule has 0 aliphatic carbocycles. The molecule has 0 radical (unpaired) electrons. The molecule has 0 saturated carbocycles. The molecule has 17 heavy (non-hydrogen) atoms. The van der Waals surface area contributed by atoms with Crippen LogP contribution in [0.4, 0.5) is 5.69 Å². The fraction of sp³-hybridized carbons (Fsp3) is 0.462. The number of carbonyl (C=O) groups is 1. The second-order valence-corrected chi connectivity index (χ2v) is 4.68. The van der Waals surface area contributed by atoms with Gasteiger partial charge >= 0.3 is 0 Å². The monoisotopic (exact) mass is 254 g/mol. The van der Waals surface area contributed by atoms with Crippen molar-refractivity contribution in [3.05, 3.63) is 29.8 Å². The Hall–Kier alpha value is -1.06. The van der Waals surface area contributed by atoms with Crippen LogP contribution in [0, 0.1) is 5.92 Å². The van der Waals surface area contributed by atoms with Crippen LogP contribution in [0.25, 0.3) is 0 Å². The molecule has 4 heteroatoms. The van der Waals surface area contributed by atoms with Gasteiger partial charge in [0.25, 0.3) is 0 Å². The Labute approximate surface area is 108 Å². The summed E-state index contributed by atoms with van der Waals surface area (Å²) in [6.45, 7) is 4.68. The molecule has 1 amide bonds. The lowest BCUT2D eigenvalue weighted by Gasteiger charge is -2.34. The summed E-state index contributed by atoms with van der Waals surface area (Å²) in [4.78, 5) is 13.8. The summed E-state index contributed by atoms with van der Waals surface area (Å²) in [6, 6.07) is 7.65. The van der Waals surface area contributed by atoms with Gasteiger partial charge in [0.1, 0.15) is 0 Å². The first-order valence-corrected chi connectivity index (χ1v) is 5.74. The number of rotatable bonds is 1. The van der Waals surface area contributed by atoms with Gasteiger partial charge in [0.2, 0.25) is 5.91 Å². The highest BCUT2D eigenvalue weighted by Crippen LogP contribution is 2.29. The number of nitrogens with two attached hydrogens (primary N) is 1. The van der Waals surface area contributed by atoms with E-state index >= 15 is 0 Å². The molecule has 0 bridgehead atoms. The Kier molecular flexibility index (Phi) is 4.54. The fourth-order valence-corrected chi connectivity index (χ4v) is 2.25. The molecule has 0 saturated heterocycles. The van der Waals surface area contributed by atoms with Crippen molar-refractivity contribution in [2.24, 2.45) is 11.7 Å². The summed E-state index contributed by atoms with van der Waals surface area (Å²) in [5.74, 6) is 0.511. The SMILES string of the molecule is CC1Cc2ccccc2N(C(=O)[C@H](C)N)C1.Cl. The normalized spacial score (nSPS) is 20.2. The molecule has 0 fully saturated rings. The van der Waals surface area contributed by atoms with E-state index in [4.69, 9.17) is 5.73 Å². The molecule has 94 valence electrons. The Morgan fingerprint density at radius 3 is 2.76 bits per heavy atom. The maximum Gasteiger partial charge on any atom is 0.243 e. The summed E-state index contributed by atoms with van der Waals surface area (Å²) < 4.78 is 0. The zero-order chi connectivity index (χ0) is 11.7. The molecule has 2 atom stereocenters. The number of carbonyl (C=O) groups excluding carboxylic acids is 1. The lowest BCUT2D eigenvalue weighted by atomic mass is 9.93. The van der Waals surface area contributed by atoms with E-state index in [0.717, 1.165) is 18.7 Å². The van der Waals surface area contributed by atoms with Crippen molar-refractivity contribution in [1.82, 2.24) is 0 Å². The minimum Gasteiger partial charge on any atom is -0.320 e. The molecule has 3 nitrogen and oxygen atoms in total. The number of benzene rings is 1. The summed E-state index contributed by atoms with van der Waals surface area (Å²) in [6.07, 6.45) is 1.04. The Morgan fingerprint density at radius 2 is 2.12 bits per heavy atom. The third-order valence-electron chi connectivity index (χ3n) is 3.00. The molecular weight excluding hydrogens is 236 g/mol. The summed E-state index contributed by atoms with van der Waals surface area (Å²) in [5, 5.41) is 0. The zero-order valence-corrected chi connectivity index (χ0v) is 11.0. The van der Waals surface area contributed by atoms with Gasteiger partial charge in [-0.2, -0.15) is 0 Å². The van der Waals surface area contributed by atoms with Gasteiger partial charge in [-0.05, 0) is 30.9 Å². The summed E-state index contributed by atoms with van der Waals surface area (Å²) >= 11 is 0. The standard InChI is InChI=1S/C13H18N2O.ClH/c1-9-7-11-5-3-4-6-12(11)15(8-9)13(16)10(2)14;/h3-6,9-10H,7-8,14H2,1-2H3;1H/t9?,10-;/m0./s1. The van der Waals surface area contributed by atoms with Crippen LogP contribution in [-0.4, -0.2) is 18.5 Å². The second kappa shape index (κ2) is 5.52. The molecule has 2 rings (SSSR count). The molecule has 0 spiro atoms. The minimum atomic E-state index is -0.432. The molecule has 1 aromatic carbocycles. The maximum absolute atomic E-state index is 12.0. The van der Waals surface area contributed by atoms with Gasteiger partial charge in [0.15, 0.2) is 0 Å². The van der Waals surface area contributed by atoms with Gasteiger partial charge in [0, 0.05) is 12.2 Å². The molecule has 0 aromatic heterocycles. The van der Waals surface area contributed by atoms with E-state index in [2.05, 4.69) is 13.0 Å². The number of anilines is 1. The number of nitrogens with zero attached hydrogens (tertiary/aromatic N) is 1. The quantitative estimate of drug-likeness (QED) is 0.833. The van der Waals surface area contributed by atoms with Crippen molar-refractivity contribution in [2.45, 2.75) is 26.3 Å². The van der Waals surface area contributed by atoms with Crippen molar-refractivity contribution >= 4 is 24.0 Å². The van der Waals surface area contributed by atoms with Crippen LogP contribution in [0.2, 0.25) is 0 Å². The largest absolute Gasteiger partial charge is 0.320 e. The van der Waals surface area contributed by atoms with Crippen LogP contribution in [-0.2, 0) is 11.2 Å². The van der Waals surface area contributed by atoms with E-state index in [0.29, 0.717) is 5.92 Å². The minimum absolute atomic E-state index is 0. The first-order chi connectivity index (χ1) is 7.59. The molecule has 1 aromatic rings. The van der Waals surface area contributed by atoms with Gasteiger partial charge in [-0.3, -0.25) is 4.79 Å². The number of halogens is 1. The van der Waals surface area contributed by atoms with E-state index in [-0.39, 0.29) is 18.3 Å². The van der Waals surface area contributed by atoms with Gasteiger partial charge in [0.05, 0.1) is 6.04 Å². The number of hydrogen-bond donors (Lipinski definition) is 1. The first kappa shape index (κ1) is 14.0. The van der Waals surface area contributed by atoms with E-state index < -0.39 is 6.04 Å². The lowest BCUT2D eigenvalue weighted by molar-refractivity contribution is -0.119. The van der Waals surface area contributed by atoms with Gasteiger partial charge < -0.3 is 10.6 Å². The predicted octanol–water partition coefficient (Wildman–Crippen LogP) is 1.98. The van der Waals surface area contributed by atoms with E-state index in [1.807, 2.05) is 23.1 Å². The van der Waals surface area contributed by atoms with Crippen LogP contribution in [0.15, 0.2) is 24.3 Å². The molecule has 2 N–H and O–H groups in total. The van der Waals surface area contributed by atoms with E-state index in [9.17, 15) is 4.79 Å². The topological polar surface area (TPSA) is 46.3 Å². The number of fused-ring (bicyclic) bond motifs is 1. The van der Waals surface area contributed by atoms with Crippen molar-refractivity contribution in [3.8, 4) is 0 Å². The Bertz CT molecular complexity index is 406. The Balaban J connectivity index is 0.00000144. The van der Waals surface area contributed by atoms with Crippen LogP contribution in [0.5, 0.6) is 0 Å². The zero-order valence-electron chi connectivity index (χ0n) is 10.2. The molecule has 1 aliphatic rings. The van der Waals surface area contributed by atoms with Gasteiger partial charge in [-0.25, -0.2) is 0 Å². The number of amides is 1. The Morgan fingerprint density at radius 1 is 1.47 bits per heavy atom. The second-order valence-electron chi connectivity index (χ2n) is 4.68. The van der Waals surface area contributed by atoms with Gasteiger partial charge in [-0.15, -0.1) is 12.4 Å². The van der Waals surface area contributed by atoms with Crippen molar-refractivity contribution < 1.29 is 4.79 Å². The van der Waals surface area contributed by atoms with Crippen LogP contribution < -0.4 is 10.6 Å². The highest BCUT2D eigenvalue weighted by molar-refractivity contribution is 5.97. The third-order valence-corrected chi connectivity index (χ3v) is 3.00. The molecule has 1 heterocycles. The highest BCUT2D eigenvalue weighted by atomic mass is 35.5. The molecule has 1 aliphatic heterocycles. The van der Waals surface area contributed by atoms with Crippen molar-refractivity contribution in [3.63, 3.8) is 0 Å².